The molecule has 6 nitrogen and oxygen atoms in total. The third-order valence-corrected chi connectivity index (χ3v) is 5.71. The van der Waals surface area contributed by atoms with Crippen molar-refractivity contribution < 1.29 is 9.18 Å². The predicted molar refractivity (Wildman–Crippen MR) is 101 cm³/mol. The molecule has 2 N–H and O–H groups in total. The van der Waals surface area contributed by atoms with E-state index in [0.717, 1.165) is 12.8 Å². The zero-order chi connectivity index (χ0) is 18.5. The van der Waals surface area contributed by atoms with Gasteiger partial charge in [0.2, 0.25) is 11.1 Å². The van der Waals surface area contributed by atoms with Gasteiger partial charge < -0.3 is 10.7 Å². The van der Waals surface area contributed by atoms with Crippen LogP contribution in [0.5, 0.6) is 0 Å². The maximum atomic E-state index is 13.9. The van der Waals surface area contributed by atoms with E-state index in [-0.39, 0.29) is 23.0 Å². The van der Waals surface area contributed by atoms with E-state index in [1.807, 2.05) is 11.8 Å². The Labute approximate surface area is 156 Å². The summed E-state index contributed by atoms with van der Waals surface area (Å²) >= 11 is 1.23. The van der Waals surface area contributed by atoms with E-state index >= 15 is 0 Å². The molecule has 0 unspecified atom stereocenters. The second-order valence-corrected chi connectivity index (χ2v) is 7.36. The molecular weight excluding hydrogens is 353 g/mol. The molecule has 1 aromatic heterocycles. The summed E-state index contributed by atoms with van der Waals surface area (Å²) in [6, 6.07) is 6.61. The van der Waals surface area contributed by atoms with Crippen molar-refractivity contribution in [2.45, 2.75) is 50.2 Å². The number of carbonyl (C=O) groups excluding carboxylic acids is 1. The summed E-state index contributed by atoms with van der Waals surface area (Å²) in [5.74, 6) is 6.19. The number of thioether (sulfide) groups is 1. The van der Waals surface area contributed by atoms with Crippen LogP contribution in [0.25, 0.3) is 11.4 Å². The van der Waals surface area contributed by atoms with Gasteiger partial charge >= 0.3 is 0 Å². The summed E-state index contributed by atoms with van der Waals surface area (Å²) in [6.07, 6.45) is 5.78. The van der Waals surface area contributed by atoms with Gasteiger partial charge in [0.05, 0.1) is 11.3 Å². The second-order valence-electron chi connectivity index (χ2n) is 6.42. The minimum Gasteiger partial charge on any atom is -0.339 e. The Balaban J connectivity index is 1.66. The lowest BCUT2D eigenvalue weighted by Crippen LogP contribution is -2.42. The molecule has 2 aromatic rings. The van der Waals surface area contributed by atoms with Crippen molar-refractivity contribution in [2.24, 2.45) is 0 Å². The van der Waals surface area contributed by atoms with Crippen molar-refractivity contribution in [1.82, 2.24) is 19.8 Å². The molecule has 140 valence electrons. The lowest BCUT2D eigenvalue weighted by atomic mass is 9.94. The smallest absolute Gasteiger partial charge is 0.233 e. The molecule has 1 saturated carbocycles. The first kappa shape index (κ1) is 18.7. The molecule has 3 rings (SSSR count). The summed E-state index contributed by atoms with van der Waals surface area (Å²) in [5, 5.41) is 8.40. The molecule has 1 aromatic carbocycles. The van der Waals surface area contributed by atoms with Gasteiger partial charge in [-0.2, -0.15) is 0 Å². The fraction of sp³-hybridized carbons (Fsp3) is 0.500. The van der Waals surface area contributed by atoms with Crippen LogP contribution in [-0.2, 0) is 4.79 Å². The van der Waals surface area contributed by atoms with Gasteiger partial charge in [-0.25, -0.2) is 9.07 Å². The molecule has 1 heterocycles. The number of amides is 1. The Morgan fingerprint density at radius 3 is 2.73 bits per heavy atom. The van der Waals surface area contributed by atoms with Crippen molar-refractivity contribution in [3.8, 4) is 11.4 Å². The Morgan fingerprint density at radius 2 is 2.04 bits per heavy atom. The largest absolute Gasteiger partial charge is 0.339 e. The average Bonchev–Trinajstić information content (AvgIpc) is 3.02. The van der Waals surface area contributed by atoms with Crippen molar-refractivity contribution in [3.63, 3.8) is 0 Å². The van der Waals surface area contributed by atoms with Crippen molar-refractivity contribution in [2.75, 3.05) is 18.1 Å². The molecule has 26 heavy (non-hydrogen) atoms. The van der Waals surface area contributed by atoms with Gasteiger partial charge in [0.1, 0.15) is 5.82 Å². The van der Waals surface area contributed by atoms with E-state index < -0.39 is 5.82 Å². The number of hydrogen-bond acceptors (Lipinski definition) is 5. The summed E-state index contributed by atoms with van der Waals surface area (Å²) < 4.78 is 15.2. The number of carbonyl (C=O) groups is 1. The summed E-state index contributed by atoms with van der Waals surface area (Å²) in [6.45, 7) is 2.72. The molecule has 1 amide bonds. The number of aromatic nitrogens is 3. The molecule has 0 bridgehead atoms. The van der Waals surface area contributed by atoms with Crippen LogP contribution in [0.1, 0.15) is 39.0 Å². The number of nitrogens with zero attached hydrogens (tertiary/aromatic N) is 4. The number of halogens is 1. The van der Waals surface area contributed by atoms with Crippen LogP contribution in [0.3, 0.4) is 0 Å². The zero-order valence-electron chi connectivity index (χ0n) is 14.9. The normalized spacial score (nSPS) is 15.2. The van der Waals surface area contributed by atoms with Crippen molar-refractivity contribution in [1.29, 1.82) is 0 Å². The van der Waals surface area contributed by atoms with Crippen molar-refractivity contribution >= 4 is 17.7 Å². The number of hydrogen-bond donors (Lipinski definition) is 1. The van der Waals surface area contributed by atoms with Crippen LogP contribution >= 0.6 is 11.8 Å². The van der Waals surface area contributed by atoms with Crippen LogP contribution in [0.2, 0.25) is 0 Å². The Morgan fingerprint density at radius 1 is 1.31 bits per heavy atom. The van der Waals surface area contributed by atoms with Gasteiger partial charge in [-0.3, -0.25) is 4.79 Å². The SMILES string of the molecule is CCN(C(=O)CSc1nnc(-c2ccccc2F)n1N)C1CCCCC1. The predicted octanol–water partition coefficient (Wildman–Crippen LogP) is 3.07. The molecule has 1 aliphatic rings. The fourth-order valence-electron chi connectivity index (χ4n) is 3.44. The van der Waals surface area contributed by atoms with Crippen LogP contribution in [0, 0.1) is 5.82 Å². The monoisotopic (exact) mass is 377 g/mol. The summed E-state index contributed by atoms with van der Waals surface area (Å²) in [4.78, 5) is 14.6. The number of benzene rings is 1. The topological polar surface area (TPSA) is 77.0 Å². The molecule has 0 saturated heterocycles. The van der Waals surface area contributed by atoms with E-state index in [1.165, 1.54) is 41.8 Å². The average molecular weight is 377 g/mol. The third kappa shape index (κ3) is 4.00. The van der Waals surface area contributed by atoms with Gasteiger partial charge in [-0.15, -0.1) is 10.2 Å². The Bertz CT molecular complexity index is 760. The molecule has 0 atom stereocenters. The Kier molecular flexibility index (Phi) is 6.13. The lowest BCUT2D eigenvalue weighted by Gasteiger charge is -2.33. The van der Waals surface area contributed by atoms with E-state index in [2.05, 4.69) is 10.2 Å². The van der Waals surface area contributed by atoms with E-state index in [9.17, 15) is 9.18 Å². The van der Waals surface area contributed by atoms with E-state index in [0.29, 0.717) is 17.7 Å². The Hall–Kier alpha value is -2.09. The van der Waals surface area contributed by atoms with Crippen LogP contribution in [0.4, 0.5) is 4.39 Å². The highest BCUT2D eigenvalue weighted by Crippen LogP contribution is 2.26. The highest BCUT2D eigenvalue weighted by atomic mass is 32.2. The van der Waals surface area contributed by atoms with Gasteiger partial charge in [-0.1, -0.05) is 43.2 Å². The second kappa shape index (κ2) is 8.53. The highest BCUT2D eigenvalue weighted by Gasteiger charge is 2.25. The van der Waals surface area contributed by atoms with Gasteiger partial charge in [0.15, 0.2) is 5.82 Å². The molecule has 8 heteroatoms. The molecule has 0 aliphatic heterocycles. The standard InChI is InChI=1S/C18H24FN5OS/c1-2-23(13-8-4-3-5-9-13)16(25)12-26-18-22-21-17(24(18)20)14-10-6-7-11-15(14)19/h6-7,10-11,13H,2-5,8-9,12,20H2,1H3. The minimum absolute atomic E-state index is 0.0832. The first-order valence-corrected chi connectivity index (χ1v) is 9.98. The minimum atomic E-state index is -0.409. The molecule has 1 aliphatic carbocycles. The maximum absolute atomic E-state index is 13.9. The van der Waals surface area contributed by atoms with Gasteiger partial charge in [0, 0.05) is 12.6 Å². The first-order valence-electron chi connectivity index (χ1n) is 8.99. The molecule has 0 spiro atoms. The fourth-order valence-corrected chi connectivity index (χ4v) is 4.18. The number of rotatable bonds is 6. The van der Waals surface area contributed by atoms with E-state index in [1.54, 1.807) is 18.2 Å². The van der Waals surface area contributed by atoms with Gasteiger partial charge in [0.25, 0.3) is 0 Å². The molecular formula is C18H24FN5OS. The van der Waals surface area contributed by atoms with Gasteiger partial charge in [-0.05, 0) is 31.9 Å². The third-order valence-electron chi connectivity index (χ3n) is 4.78. The molecule has 0 radical (unpaired) electrons. The highest BCUT2D eigenvalue weighted by molar-refractivity contribution is 7.99. The quantitative estimate of drug-likeness (QED) is 0.618. The summed E-state index contributed by atoms with van der Waals surface area (Å²) in [7, 11) is 0. The van der Waals surface area contributed by atoms with E-state index in [4.69, 9.17) is 5.84 Å². The van der Waals surface area contributed by atoms with Crippen LogP contribution < -0.4 is 5.84 Å². The number of nitrogens with two attached hydrogens (primary N) is 1. The maximum Gasteiger partial charge on any atom is 0.233 e. The first-order chi connectivity index (χ1) is 12.6. The van der Waals surface area contributed by atoms with Crippen LogP contribution in [-0.4, -0.2) is 44.0 Å². The zero-order valence-corrected chi connectivity index (χ0v) is 15.7. The number of nitrogen functional groups attached to an aromatic ring is 1. The molecule has 1 fully saturated rings. The summed E-state index contributed by atoms with van der Waals surface area (Å²) in [5.41, 5.74) is 0.290. The van der Waals surface area contributed by atoms with Crippen LogP contribution in [0.15, 0.2) is 29.4 Å². The van der Waals surface area contributed by atoms with Crippen molar-refractivity contribution in [3.05, 3.63) is 30.1 Å². The lowest BCUT2D eigenvalue weighted by molar-refractivity contribution is -0.131.